The molecule has 3 atom stereocenters. The number of carboxylic acids is 1. The molecule has 0 spiro atoms. The minimum atomic E-state index is -5.08. The maximum absolute atomic E-state index is 12.8. The zero-order chi connectivity index (χ0) is 20.9. The summed E-state index contributed by atoms with van der Waals surface area (Å²) < 4.78 is 48.2. The van der Waals surface area contributed by atoms with E-state index < -0.39 is 12.1 Å². The first-order valence-corrected chi connectivity index (χ1v) is 8.45. The molecule has 0 unspecified atom stereocenters. The third kappa shape index (κ3) is 4.90. The van der Waals surface area contributed by atoms with E-state index in [0.717, 1.165) is 12.8 Å². The minimum absolute atomic E-state index is 0.0321. The molecule has 2 aliphatic rings. The Kier molecular flexibility index (Phi) is 7.19. The first-order valence-electron chi connectivity index (χ1n) is 8.45. The van der Waals surface area contributed by atoms with E-state index in [1.54, 1.807) is 25.4 Å². The van der Waals surface area contributed by atoms with Crippen LogP contribution in [0.15, 0.2) is 18.3 Å². The van der Waals surface area contributed by atoms with E-state index >= 15 is 0 Å². The third-order valence-electron chi connectivity index (χ3n) is 4.54. The molecule has 0 radical (unpaired) electrons. The third-order valence-corrected chi connectivity index (χ3v) is 4.54. The number of halogens is 3. The Morgan fingerprint density at radius 2 is 2.00 bits per heavy atom. The lowest BCUT2D eigenvalue weighted by Gasteiger charge is -2.39. The number of fused-ring (bicyclic) bond motifs is 1. The number of pyridine rings is 1. The second-order valence-corrected chi connectivity index (χ2v) is 6.12. The van der Waals surface area contributed by atoms with Crippen molar-refractivity contribution in [2.24, 2.45) is 0 Å². The number of methoxy groups -OCH3 is 2. The number of nitrogens with zero attached hydrogens (tertiary/aromatic N) is 2. The van der Waals surface area contributed by atoms with Crippen LogP contribution in [-0.2, 0) is 14.3 Å². The summed E-state index contributed by atoms with van der Waals surface area (Å²) in [6.45, 7) is 1.13. The summed E-state index contributed by atoms with van der Waals surface area (Å²) in [4.78, 5) is 27.7. The number of aromatic nitrogens is 1. The molecule has 1 amide bonds. The van der Waals surface area contributed by atoms with Crippen LogP contribution in [0.2, 0.25) is 0 Å². The van der Waals surface area contributed by atoms with Crippen molar-refractivity contribution in [2.75, 3.05) is 27.4 Å². The largest absolute Gasteiger partial charge is 0.490 e. The Balaban J connectivity index is 0.000000345. The van der Waals surface area contributed by atoms with Crippen LogP contribution >= 0.6 is 0 Å². The van der Waals surface area contributed by atoms with Gasteiger partial charge in [-0.2, -0.15) is 13.2 Å². The number of morpholine rings is 1. The van der Waals surface area contributed by atoms with Crippen molar-refractivity contribution in [1.29, 1.82) is 0 Å². The van der Waals surface area contributed by atoms with Crippen LogP contribution < -0.4 is 4.74 Å². The van der Waals surface area contributed by atoms with Gasteiger partial charge in [0.1, 0.15) is 11.7 Å². The predicted octanol–water partition coefficient (Wildman–Crippen LogP) is 1.74. The zero-order valence-corrected chi connectivity index (χ0v) is 15.3. The number of hydrogen-bond acceptors (Lipinski definition) is 6. The molecule has 156 valence electrons. The van der Waals surface area contributed by atoms with Crippen LogP contribution in [0.1, 0.15) is 23.2 Å². The second-order valence-electron chi connectivity index (χ2n) is 6.12. The van der Waals surface area contributed by atoms with Crippen molar-refractivity contribution < 1.29 is 42.1 Å². The smallest absolute Gasteiger partial charge is 0.480 e. The highest BCUT2D eigenvalue weighted by Gasteiger charge is 2.45. The molecule has 3 rings (SSSR count). The number of carbonyl (C=O) groups excluding carboxylic acids is 1. The van der Waals surface area contributed by atoms with Gasteiger partial charge in [0, 0.05) is 19.9 Å². The molecule has 0 aromatic carbocycles. The average Bonchev–Trinajstić information content (AvgIpc) is 3.10. The Morgan fingerprint density at radius 1 is 1.32 bits per heavy atom. The molecule has 1 saturated carbocycles. The Labute approximate surface area is 159 Å². The standard InChI is InChI=1S/C15H20N2O4.C2HF3O2/c1-19-12-6-5-11-13(12)21-9-8-17(11)15(18)10-4-3-7-16-14(10)20-2;3-2(4,5)1(6)7/h3-4,7,11-13H,5-6,8-9H2,1-2H3;(H,6,7)/t11-,12-,13+;/m0./s1. The molecule has 1 aromatic rings. The summed E-state index contributed by atoms with van der Waals surface area (Å²) in [5, 5.41) is 7.12. The van der Waals surface area contributed by atoms with E-state index in [9.17, 15) is 18.0 Å². The minimum Gasteiger partial charge on any atom is -0.480 e. The molecule has 1 aromatic heterocycles. The maximum atomic E-state index is 12.8. The fraction of sp³-hybridized carbons (Fsp3) is 0.588. The molecule has 1 aliphatic carbocycles. The highest BCUT2D eigenvalue weighted by atomic mass is 19.4. The molecule has 1 aliphatic heterocycles. The van der Waals surface area contributed by atoms with E-state index in [0.29, 0.717) is 24.6 Å². The summed E-state index contributed by atoms with van der Waals surface area (Å²) in [6, 6.07) is 3.57. The maximum Gasteiger partial charge on any atom is 0.490 e. The van der Waals surface area contributed by atoms with Crippen LogP contribution in [0.4, 0.5) is 13.2 Å². The molecule has 0 bridgehead atoms. The van der Waals surface area contributed by atoms with Gasteiger partial charge >= 0.3 is 12.1 Å². The number of carboxylic acid groups (broad SMARTS) is 1. The monoisotopic (exact) mass is 406 g/mol. The number of hydrogen-bond donors (Lipinski definition) is 1. The molecule has 11 heteroatoms. The number of aliphatic carboxylic acids is 1. The van der Waals surface area contributed by atoms with Gasteiger partial charge in [-0.05, 0) is 25.0 Å². The van der Waals surface area contributed by atoms with E-state index in [2.05, 4.69) is 4.98 Å². The molecule has 1 saturated heterocycles. The summed E-state index contributed by atoms with van der Waals surface area (Å²) in [6.07, 6.45) is -1.61. The fourth-order valence-electron chi connectivity index (χ4n) is 3.29. The second kappa shape index (κ2) is 9.20. The SMILES string of the molecule is COc1ncccc1C(=O)N1CCO[C@H]2[C@@H](OC)CC[C@@H]21.O=C(O)C(F)(F)F. The molecule has 8 nitrogen and oxygen atoms in total. The van der Waals surface area contributed by atoms with Gasteiger partial charge < -0.3 is 24.2 Å². The number of amides is 1. The molecule has 2 fully saturated rings. The van der Waals surface area contributed by atoms with Crippen molar-refractivity contribution in [3.63, 3.8) is 0 Å². The van der Waals surface area contributed by atoms with Crippen molar-refractivity contribution in [3.8, 4) is 5.88 Å². The lowest BCUT2D eigenvalue weighted by Crippen LogP contribution is -2.53. The van der Waals surface area contributed by atoms with Gasteiger partial charge in [-0.15, -0.1) is 0 Å². The van der Waals surface area contributed by atoms with Gasteiger partial charge in [-0.3, -0.25) is 4.79 Å². The van der Waals surface area contributed by atoms with Gasteiger partial charge in [0.2, 0.25) is 5.88 Å². The topological polar surface area (TPSA) is 98.2 Å². The van der Waals surface area contributed by atoms with E-state index in [1.807, 2.05) is 4.90 Å². The van der Waals surface area contributed by atoms with Crippen LogP contribution in [-0.4, -0.2) is 78.7 Å². The van der Waals surface area contributed by atoms with Crippen molar-refractivity contribution in [3.05, 3.63) is 23.9 Å². The van der Waals surface area contributed by atoms with Gasteiger partial charge in [-0.25, -0.2) is 9.78 Å². The van der Waals surface area contributed by atoms with Crippen LogP contribution in [0, 0.1) is 0 Å². The summed E-state index contributed by atoms with van der Waals surface area (Å²) >= 11 is 0. The predicted molar refractivity (Wildman–Crippen MR) is 89.1 cm³/mol. The fourth-order valence-corrected chi connectivity index (χ4v) is 3.29. The first kappa shape index (κ1) is 21.9. The van der Waals surface area contributed by atoms with Crippen LogP contribution in [0.25, 0.3) is 0 Å². The normalized spacial score (nSPS) is 24.0. The Morgan fingerprint density at radius 3 is 2.57 bits per heavy atom. The lowest BCUT2D eigenvalue weighted by atomic mass is 10.1. The average molecular weight is 406 g/mol. The number of ether oxygens (including phenoxy) is 3. The number of rotatable bonds is 3. The molecular weight excluding hydrogens is 385 g/mol. The Bertz CT molecular complexity index is 700. The molecule has 28 heavy (non-hydrogen) atoms. The van der Waals surface area contributed by atoms with E-state index in [4.69, 9.17) is 24.1 Å². The van der Waals surface area contributed by atoms with Crippen LogP contribution in [0.5, 0.6) is 5.88 Å². The summed E-state index contributed by atoms with van der Waals surface area (Å²) in [5.74, 6) is -2.44. The quantitative estimate of drug-likeness (QED) is 0.817. The highest BCUT2D eigenvalue weighted by molar-refractivity contribution is 5.96. The summed E-state index contributed by atoms with van der Waals surface area (Å²) in [7, 11) is 3.22. The zero-order valence-electron chi connectivity index (χ0n) is 15.3. The molecule has 2 heterocycles. The van der Waals surface area contributed by atoms with Gasteiger partial charge in [0.05, 0.1) is 25.9 Å². The van der Waals surface area contributed by atoms with Crippen molar-refractivity contribution in [2.45, 2.75) is 37.3 Å². The van der Waals surface area contributed by atoms with Crippen molar-refractivity contribution >= 4 is 11.9 Å². The molecular formula is C17H21F3N2O6. The van der Waals surface area contributed by atoms with Gasteiger partial charge in [0.25, 0.3) is 5.91 Å². The number of alkyl halides is 3. The molecule has 1 N–H and O–H groups in total. The summed E-state index contributed by atoms with van der Waals surface area (Å²) in [5.41, 5.74) is 0.501. The van der Waals surface area contributed by atoms with Crippen molar-refractivity contribution in [1.82, 2.24) is 9.88 Å². The van der Waals surface area contributed by atoms with E-state index in [-0.39, 0.29) is 24.2 Å². The lowest BCUT2D eigenvalue weighted by molar-refractivity contribution is -0.192. The van der Waals surface area contributed by atoms with E-state index in [1.165, 1.54) is 7.11 Å². The number of carbonyl (C=O) groups is 2. The van der Waals surface area contributed by atoms with Crippen LogP contribution in [0.3, 0.4) is 0 Å². The van der Waals surface area contributed by atoms with Gasteiger partial charge in [0.15, 0.2) is 0 Å². The Hall–Kier alpha value is -2.40. The first-order chi connectivity index (χ1) is 13.2. The highest BCUT2D eigenvalue weighted by Crippen LogP contribution is 2.33. The van der Waals surface area contributed by atoms with Gasteiger partial charge in [-0.1, -0.05) is 0 Å².